The lowest BCUT2D eigenvalue weighted by atomic mass is 9.84. The minimum absolute atomic E-state index is 0.167. The lowest BCUT2D eigenvalue weighted by Crippen LogP contribution is -2.68. The maximum absolute atomic E-state index is 10.6. The van der Waals surface area contributed by atoms with Crippen LogP contribution in [0.4, 0.5) is 0 Å². The van der Waals surface area contributed by atoms with Crippen LogP contribution >= 0.6 is 11.6 Å². The summed E-state index contributed by atoms with van der Waals surface area (Å²) < 4.78 is 15.9. The van der Waals surface area contributed by atoms with E-state index >= 15 is 0 Å². The standard InChI is InChI=1S/C15H23ClO10/c16-13(21)15(23)10(20)8(18)9(19)12(26-15)25-11-7-6(2-4-24-11)1-3-14(7,22)5-17/h2,4,6-13,17-23H,1,3,5H2/t6-,7?,8-,9-,10+,11?,12+,13?,14?,15+/m1/s1. The summed E-state index contributed by atoms with van der Waals surface area (Å²) in [5, 5.41) is 69.7. The number of aliphatic hydroxyl groups excluding tert-OH is 5. The minimum atomic E-state index is -2.81. The van der Waals surface area contributed by atoms with E-state index in [1.807, 2.05) is 0 Å². The molecule has 0 spiro atoms. The normalized spacial score (nSPS) is 52.4. The van der Waals surface area contributed by atoms with Crippen molar-refractivity contribution in [2.24, 2.45) is 11.8 Å². The van der Waals surface area contributed by atoms with Crippen molar-refractivity contribution in [1.82, 2.24) is 0 Å². The van der Waals surface area contributed by atoms with Crippen molar-refractivity contribution in [3.05, 3.63) is 12.3 Å². The Morgan fingerprint density at radius 1 is 1.19 bits per heavy atom. The Balaban J connectivity index is 1.81. The first kappa shape index (κ1) is 20.2. The summed E-state index contributed by atoms with van der Waals surface area (Å²) in [5.74, 6) is -3.68. The van der Waals surface area contributed by atoms with Crippen LogP contribution in [0.1, 0.15) is 12.8 Å². The number of ether oxygens (including phenoxy) is 3. The third-order valence-electron chi connectivity index (χ3n) is 5.39. The SMILES string of the molecule is OCC1(O)CC[C@@H]2C=COC(O[C@H]3O[C@](O)(C(O)Cl)[C@@H](O)[C@H](O)[C@H]3O)C21. The van der Waals surface area contributed by atoms with Crippen LogP contribution in [0.3, 0.4) is 0 Å². The first-order valence-corrected chi connectivity index (χ1v) is 8.65. The van der Waals surface area contributed by atoms with E-state index in [2.05, 4.69) is 0 Å². The molecule has 26 heavy (non-hydrogen) atoms. The number of fused-ring (bicyclic) bond motifs is 1. The van der Waals surface area contributed by atoms with Gasteiger partial charge in [0.1, 0.15) is 18.3 Å². The Bertz CT molecular complexity index is 547. The lowest BCUT2D eigenvalue weighted by Gasteiger charge is -2.47. The van der Waals surface area contributed by atoms with Gasteiger partial charge in [-0.15, -0.1) is 0 Å². The highest BCUT2D eigenvalue weighted by Crippen LogP contribution is 2.47. The van der Waals surface area contributed by atoms with Crippen molar-refractivity contribution in [3.63, 3.8) is 0 Å². The zero-order valence-corrected chi connectivity index (χ0v) is 14.4. The predicted molar refractivity (Wildman–Crippen MR) is 83.1 cm³/mol. The van der Waals surface area contributed by atoms with Gasteiger partial charge in [0.2, 0.25) is 12.1 Å². The van der Waals surface area contributed by atoms with Crippen molar-refractivity contribution < 1.29 is 50.0 Å². The topological polar surface area (TPSA) is 169 Å². The van der Waals surface area contributed by atoms with Crippen LogP contribution in [0.15, 0.2) is 12.3 Å². The molecule has 0 aromatic heterocycles. The molecule has 1 saturated heterocycles. The molecule has 0 aromatic rings. The molecule has 2 heterocycles. The fourth-order valence-electron chi connectivity index (χ4n) is 3.80. The molecule has 10 atom stereocenters. The average molecular weight is 399 g/mol. The molecule has 7 N–H and O–H groups in total. The molecule has 2 aliphatic heterocycles. The fourth-order valence-corrected chi connectivity index (χ4v) is 3.98. The van der Waals surface area contributed by atoms with Gasteiger partial charge in [-0.1, -0.05) is 11.6 Å². The summed E-state index contributed by atoms with van der Waals surface area (Å²) >= 11 is 5.43. The van der Waals surface area contributed by atoms with E-state index in [1.54, 1.807) is 6.08 Å². The molecule has 0 radical (unpaired) electrons. The summed E-state index contributed by atoms with van der Waals surface area (Å²) in [6.45, 7) is -0.537. The van der Waals surface area contributed by atoms with Crippen LogP contribution in [0, 0.1) is 11.8 Å². The van der Waals surface area contributed by atoms with E-state index in [4.69, 9.17) is 25.8 Å². The van der Waals surface area contributed by atoms with Gasteiger partial charge in [-0.2, -0.15) is 0 Å². The van der Waals surface area contributed by atoms with Crippen LogP contribution in [-0.2, 0) is 14.2 Å². The Hall–Kier alpha value is -0.530. The monoisotopic (exact) mass is 398 g/mol. The van der Waals surface area contributed by atoms with Crippen LogP contribution in [0.25, 0.3) is 0 Å². The van der Waals surface area contributed by atoms with Crippen molar-refractivity contribution in [2.75, 3.05) is 6.61 Å². The molecule has 0 amide bonds. The van der Waals surface area contributed by atoms with E-state index in [0.29, 0.717) is 12.8 Å². The number of halogens is 1. The van der Waals surface area contributed by atoms with Crippen LogP contribution in [0.2, 0.25) is 0 Å². The molecule has 0 aromatic carbocycles. The quantitative estimate of drug-likeness (QED) is 0.247. The maximum Gasteiger partial charge on any atom is 0.238 e. The molecule has 0 bridgehead atoms. The van der Waals surface area contributed by atoms with Crippen LogP contribution < -0.4 is 0 Å². The van der Waals surface area contributed by atoms with Gasteiger partial charge < -0.3 is 50.0 Å². The zero-order valence-electron chi connectivity index (χ0n) is 13.6. The van der Waals surface area contributed by atoms with E-state index in [9.17, 15) is 35.7 Å². The average Bonchev–Trinajstić information content (AvgIpc) is 2.96. The number of hydrogen-bond acceptors (Lipinski definition) is 10. The van der Waals surface area contributed by atoms with Crippen molar-refractivity contribution in [3.8, 4) is 0 Å². The highest BCUT2D eigenvalue weighted by atomic mass is 35.5. The smallest absolute Gasteiger partial charge is 0.238 e. The molecule has 150 valence electrons. The van der Waals surface area contributed by atoms with Gasteiger partial charge in [0.25, 0.3) is 0 Å². The highest BCUT2D eigenvalue weighted by Gasteiger charge is 2.59. The predicted octanol–water partition coefficient (Wildman–Crippen LogP) is -2.69. The van der Waals surface area contributed by atoms with E-state index in [0.717, 1.165) is 0 Å². The van der Waals surface area contributed by atoms with Crippen molar-refractivity contribution >= 4 is 11.6 Å². The Morgan fingerprint density at radius 2 is 1.88 bits per heavy atom. The molecule has 1 aliphatic carbocycles. The first-order chi connectivity index (χ1) is 12.1. The van der Waals surface area contributed by atoms with E-state index in [-0.39, 0.29) is 5.92 Å². The fraction of sp³-hybridized carbons (Fsp3) is 0.867. The lowest BCUT2D eigenvalue weighted by molar-refractivity contribution is -0.422. The van der Waals surface area contributed by atoms with Gasteiger partial charge in [0.15, 0.2) is 11.9 Å². The highest BCUT2D eigenvalue weighted by molar-refractivity contribution is 6.20. The third-order valence-corrected chi connectivity index (χ3v) is 5.70. The van der Waals surface area contributed by atoms with Crippen molar-refractivity contribution in [2.45, 2.75) is 60.7 Å². The Labute approximate surface area is 153 Å². The second-order valence-corrected chi connectivity index (χ2v) is 7.37. The molecule has 2 fully saturated rings. The van der Waals surface area contributed by atoms with Gasteiger partial charge in [0.05, 0.1) is 24.4 Å². The van der Waals surface area contributed by atoms with Gasteiger partial charge in [-0.25, -0.2) is 0 Å². The maximum atomic E-state index is 10.6. The molecular weight excluding hydrogens is 376 g/mol. The molecule has 4 unspecified atom stereocenters. The van der Waals surface area contributed by atoms with Crippen LogP contribution in [0.5, 0.6) is 0 Å². The number of rotatable bonds is 4. The molecule has 1 saturated carbocycles. The first-order valence-electron chi connectivity index (χ1n) is 8.21. The second kappa shape index (κ2) is 7.13. The third kappa shape index (κ3) is 3.14. The van der Waals surface area contributed by atoms with Crippen LogP contribution in [-0.4, -0.2) is 90.2 Å². The number of allylic oxidation sites excluding steroid dienone is 1. The molecule has 10 nitrogen and oxygen atoms in total. The second-order valence-electron chi connectivity index (χ2n) is 6.96. The Kier molecular flexibility index (Phi) is 5.54. The summed E-state index contributed by atoms with van der Waals surface area (Å²) in [6.07, 6.45) is -4.86. The molecule has 3 aliphatic rings. The zero-order chi connectivity index (χ0) is 19.3. The molecule has 3 rings (SSSR count). The Morgan fingerprint density at radius 3 is 2.50 bits per heavy atom. The summed E-state index contributed by atoms with van der Waals surface area (Å²) in [6, 6.07) is 0. The number of hydrogen-bond donors (Lipinski definition) is 7. The molecular formula is C15H23ClO10. The number of alkyl halides is 1. The van der Waals surface area contributed by atoms with Crippen molar-refractivity contribution in [1.29, 1.82) is 0 Å². The summed E-state index contributed by atoms with van der Waals surface area (Å²) in [5.41, 5.74) is -3.62. The number of aliphatic hydroxyl groups is 7. The van der Waals surface area contributed by atoms with Gasteiger partial charge >= 0.3 is 0 Å². The summed E-state index contributed by atoms with van der Waals surface area (Å²) in [4.78, 5) is 0. The van der Waals surface area contributed by atoms with Gasteiger partial charge in [0, 0.05) is 0 Å². The minimum Gasteiger partial charge on any atom is -0.472 e. The van der Waals surface area contributed by atoms with Gasteiger partial charge in [-0.3, -0.25) is 0 Å². The van der Waals surface area contributed by atoms with Gasteiger partial charge in [-0.05, 0) is 24.8 Å². The molecule has 11 heteroatoms. The summed E-state index contributed by atoms with van der Waals surface area (Å²) in [7, 11) is 0. The van der Waals surface area contributed by atoms with E-state index in [1.165, 1.54) is 6.26 Å². The van der Waals surface area contributed by atoms with E-state index < -0.39 is 60.4 Å². The largest absolute Gasteiger partial charge is 0.472 e.